The first-order valence-electron chi connectivity index (χ1n) is 9.95. The van der Waals surface area contributed by atoms with Crippen molar-refractivity contribution in [3.63, 3.8) is 0 Å². The summed E-state index contributed by atoms with van der Waals surface area (Å²) in [5.41, 5.74) is 4.27. The zero-order valence-corrected chi connectivity index (χ0v) is 17.7. The third-order valence-electron chi connectivity index (χ3n) is 4.89. The summed E-state index contributed by atoms with van der Waals surface area (Å²) in [5.74, 6) is 0.213. The monoisotopic (exact) mass is 380 g/mol. The van der Waals surface area contributed by atoms with Gasteiger partial charge in [0.05, 0.1) is 6.42 Å². The van der Waals surface area contributed by atoms with E-state index in [2.05, 4.69) is 19.2 Å². The summed E-state index contributed by atoms with van der Waals surface area (Å²) >= 11 is 0. The van der Waals surface area contributed by atoms with Crippen LogP contribution in [-0.4, -0.2) is 29.3 Å². The summed E-state index contributed by atoms with van der Waals surface area (Å²) in [6.45, 7) is 11.0. The van der Waals surface area contributed by atoms with Gasteiger partial charge in [0.1, 0.15) is 6.04 Å². The Bertz CT molecular complexity index is 814. The largest absolute Gasteiger partial charge is 0.354 e. The maximum Gasteiger partial charge on any atom is 0.242 e. The Morgan fingerprint density at radius 2 is 1.71 bits per heavy atom. The fourth-order valence-electron chi connectivity index (χ4n) is 3.10. The first-order valence-corrected chi connectivity index (χ1v) is 9.95. The fraction of sp³-hybridized carbons (Fsp3) is 0.417. The number of nitrogens with one attached hydrogen (secondary N) is 1. The van der Waals surface area contributed by atoms with Crippen LogP contribution in [0.2, 0.25) is 0 Å². The number of nitrogens with zero attached hydrogens (tertiary/aromatic N) is 1. The summed E-state index contributed by atoms with van der Waals surface area (Å²) in [4.78, 5) is 27.5. The number of hydrogen-bond donors (Lipinski definition) is 1. The standard InChI is InChI=1S/C24H32N2O2/c1-17(2)15-25-24(28)20(5)26(16-22-12-7-6-10-19(22)4)23(27)14-21-11-8-9-18(3)13-21/h6-13,17,20H,14-16H2,1-5H3,(H,25,28). The molecule has 2 aromatic rings. The molecule has 0 spiro atoms. The van der Waals surface area contributed by atoms with Crippen molar-refractivity contribution in [1.29, 1.82) is 0 Å². The van der Waals surface area contributed by atoms with Crippen LogP contribution in [0.25, 0.3) is 0 Å². The zero-order valence-electron chi connectivity index (χ0n) is 17.7. The van der Waals surface area contributed by atoms with Gasteiger partial charge in [0.15, 0.2) is 0 Å². The molecule has 2 rings (SSSR count). The Kier molecular flexibility index (Phi) is 7.80. The van der Waals surface area contributed by atoms with Crippen LogP contribution in [0.3, 0.4) is 0 Å². The first kappa shape index (κ1) is 21.7. The lowest BCUT2D eigenvalue weighted by molar-refractivity contribution is -0.140. The quantitative estimate of drug-likeness (QED) is 0.751. The molecule has 0 aromatic heterocycles. The van der Waals surface area contributed by atoms with Gasteiger partial charge in [-0.3, -0.25) is 9.59 Å². The molecule has 150 valence electrons. The number of carbonyl (C=O) groups is 2. The molecule has 0 saturated carbocycles. The van der Waals surface area contributed by atoms with Gasteiger partial charge < -0.3 is 10.2 Å². The first-order chi connectivity index (χ1) is 13.3. The molecule has 2 amide bonds. The molecule has 0 aliphatic heterocycles. The minimum atomic E-state index is -0.532. The van der Waals surface area contributed by atoms with Crippen molar-refractivity contribution < 1.29 is 9.59 Å². The molecular formula is C24H32N2O2. The van der Waals surface area contributed by atoms with Gasteiger partial charge in [-0.1, -0.05) is 67.9 Å². The van der Waals surface area contributed by atoms with Crippen LogP contribution in [-0.2, 0) is 22.6 Å². The third-order valence-corrected chi connectivity index (χ3v) is 4.89. The van der Waals surface area contributed by atoms with E-state index < -0.39 is 6.04 Å². The van der Waals surface area contributed by atoms with E-state index >= 15 is 0 Å². The number of amides is 2. The predicted molar refractivity (Wildman–Crippen MR) is 114 cm³/mol. The van der Waals surface area contributed by atoms with Crippen molar-refractivity contribution in [2.75, 3.05) is 6.54 Å². The average molecular weight is 381 g/mol. The van der Waals surface area contributed by atoms with Crippen molar-refractivity contribution >= 4 is 11.8 Å². The van der Waals surface area contributed by atoms with Gasteiger partial charge >= 0.3 is 0 Å². The second-order valence-corrected chi connectivity index (χ2v) is 7.93. The highest BCUT2D eigenvalue weighted by Gasteiger charge is 2.26. The van der Waals surface area contributed by atoms with Gasteiger partial charge in [-0.15, -0.1) is 0 Å². The van der Waals surface area contributed by atoms with Gasteiger partial charge in [-0.05, 0) is 43.4 Å². The van der Waals surface area contributed by atoms with Crippen LogP contribution in [0.5, 0.6) is 0 Å². The van der Waals surface area contributed by atoms with E-state index in [1.54, 1.807) is 4.90 Å². The molecule has 4 heteroatoms. The zero-order chi connectivity index (χ0) is 20.7. The van der Waals surface area contributed by atoms with Crippen LogP contribution in [0.1, 0.15) is 43.0 Å². The molecule has 1 unspecified atom stereocenters. The van der Waals surface area contributed by atoms with Gasteiger partial charge in [0.25, 0.3) is 0 Å². The Morgan fingerprint density at radius 1 is 1.00 bits per heavy atom. The number of rotatable bonds is 8. The van der Waals surface area contributed by atoms with E-state index in [-0.39, 0.29) is 18.2 Å². The van der Waals surface area contributed by atoms with Crippen LogP contribution in [0.15, 0.2) is 48.5 Å². The highest BCUT2D eigenvalue weighted by atomic mass is 16.2. The lowest BCUT2D eigenvalue weighted by Gasteiger charge is -2.29. The Hall–Kier alpha value is -2.62. The predicted octanol–water partition coefficient (Wildman–Crippen LogP) is 4.04. The van der Waals surface area contributed by atoms with E-state index in [0.717, 1.165) is 22.3 Å². The second-order valence-electron chi connectivity index (χ2n) is 7.93. The second kappa shape index (κ2) is 10.1. The van der Waals surface area contributed by atoms with Crippen molar-refractivity contribution in [1.82, 2.24) is 10.2 Å². The molecule has 1 N–H and O–H groups in total. The minimum absolute atomic E-state index is 0.0407. The van der Waals surface area contributed by atoms with Gasteiger partial charge in [-0.25, -0.2) is 0 Å². The highest BCUT2D eigenvalue weighted by Crippen LogP contribution is 2.16. The van der Waals surface area contributed by atoms with Crippen LogP contribution in [0.4, 0.5) is 0 Å². The summed E-state index contributed by atoms with van der Waals surface area (Å²) < 4.78 is 0. The smallest absolute Gasteiger partial charge is 0.242 e. The van der Waals surface area contributed by atoms with E-state index in [1.807, 2.05) is 69.3 Å². The highest BCUT2D eigenvalue weighted by molar-refractivity contribution is 5.88. The Balaban J connectivity index is 2.22. The van der Waals surface area contributed by atoms with Crippen molar-refractivity contribution in [3.05, 3.63) is 70.8 Å². The summed E-state index contributed by atoms with van der Waals surface area (Å²) in [6, 6.07) is 15.4. The van der Waals surface area contributed by atoms with E-state index in [4.69, 9.17) is 0 Å². The molecule has 1 atom stereocenters. The molecule has 0 aliphatic rings. The molecular weight excluding hydrogens is 348 g/mol. The third kappa shape index (κ3) is 6.22. The lowest BCUT2D eigenvalue weighted by atomic mass is 10.0. The lowest BCUT2D eigenvalue weighted by Crippen LogP contribution is -2.48. The van der Waals surface area contributed by atoms with E-state index in [1.165, 1.54) is 0 Å². The maximum atomic E-state index is 13.2. The van der Waals surface area contributed by atoms with Crippen molar-refractivity contribution in [2.24, 2.45) is 5.92 Å². The van der Waals surface area contributed by atoms with E-state index in [9.17, 15) is 9.59 Å². The van der Waals surface area contributed by atoms with Crippen molar-refractivity contribution in [2.45, 2.75) is 53.6 Å². The molecule has 0 radical (unpaired) electrons. The number of aryl methyl sites for hydroxylation is 2. The van der Waals surface area contributed by atoms with Gasteiger partial charge in [0.2, 0.25) is 11.8 Å². The summed E-state index contributed by atoms with van der Waals surface area (Å²) in [5, 5.41) is 2.96. The SMILES string of the molecule is Cc1cccc(CC(=O)N(Cc2ccccc2C)C(C)C(=O)NCC(C)C)c1. The molecule has 0 heterocycles. The molecule has 28 heavy (non-hydrogen) atoms. The van der Waals surface area contributed by atoms with Gasteiger partial charge in [-0.2, -0.15) is 0 Å². The molecule has 0 aliphatic carbocycles. The average Bonchev–Trinajstić information content (AvgIpc) is 2.64. The van der Waals surface area contributed by atoms with E-state index in [0.29, 0.717) is 19.0 Å². The van der Waals surface area contributed by atoms with Gasteiger partial charge in [0, 0.05) is 13.1 Å². The Labute approximate surface area is 169 Å². The minimum Gasteiger partial charge on any atom is -0.354 e. The van der Waals surface area contributed by atoms with Crippen molar-refractivity contribution in [3.8, 4) is 0 Å². The molecule has 4 nitrogen and oxygen atoms in total. The fourth-order valence-corrected chi connectivity index (χ4v) is 3.10. The Morgan fingerprint density at radius 3 is 2.36 bits per heavy atom. The topological polar surface area (TPSA) is 49.4 Å². The normalized spacial score (nSPS) is 11.9. The number of hydrogen-bond acceptors (Lipinski definition) is 2. The van der Waals surface area contributed by atoms with Crippen LogP contribution in [0, 0.1) is 19.8 Å². The molecule has 0 fully saturated rings. The summed E-state index contributed by atoms with van der Waals surface area (Å²) in [7, 11) is 0. The number of carbonyl (C=O) groups excluding carboxylic acids is 2. The summed E-state index contributed by atoms with van der Waals surface area (Å²) in [6.07, 6.45) is 0.287. The van der Waals surface area contributed by atoms with Crippen LogP contribution >= 0.6 is 0 Å². The molecule has 2 aromatic carbocycles. The molecule has 0 saturated heterocycles. The number of benzene rings is 2. The van der Waals surface area contributed by atoms with Crippen LogP contribution < -0.4 is 5.32 Å². The molecule has 0 bridgehead atoms. The maximum absolute atomic E-state index is 13.2.